The number of hydrogen-bond donors (Lipinski definition) is 1. The van der Waals surface area contributed by atoms with Crippen LogP contribution in [-0.4, -0.2) is 18.2 Å². The summed E-state index contributed by atoms with van der Waals surface area (Å²) in [6, 6.07) is 8.63. The SMILES string of the molecule is Cc1nn(Cc2ccc(Cl)c(Cl)c2)c(C)c1NS(=O)(=O)c1cccs1. The zero-order valence-corrected chi connectivity index (χ0v) is 16.6. The van der Waals surface area contributed by atoms with Crippen molar-refractivity contribution in [2.45, 2.75) is 24.6 Å². The van der Waals surface area contributed by atoms with Gasteiger partial charge >= 0.3 is 0 Å². The molecule has 0 aliphatic rings. The molecule has 1 aromatic carbocycles. The van der Waals surface area contributed by atoms with Gasteiger partial charge in [-0.15, -0.1) is 11.3 Å². The van der Waals surface area contributed by atoms with Crippen molar-refractivity contribution in [1.29, 1.82) is 0 Å². The van der Waals surface area contributed by atoms with Crippen molar-refractivity contribution in [2.75, 3.05) is 4.72 Å². The molecule has 9 heteroatoms. The van der Waals surface area contributed by atoms with Gasteiger partial charge in [0.1, 0.15) is 4.21 Å². The van der Waals surface area contributed by atoms with Gasteiger partial charge in [0, 0.05) is 0 Å². The molecule has 1 N–H and O–H groups in total. The van der Waals surface area contributed by atoms with Crippen LogP contribution < -0.4 is 4.72 Å². The van der Waals surface area contributed by atoms with Gasteiger partial charge in [-0.2, -0.15) is 5.10 Å². The van der Waals surface area contributed by atoms with Crippen molar-refractivity contribution in [2.24, 2.45) is 0 Å². The van der Waals surface area contributed by atoms with Crippen LogP contribution in [0.5, 0.6) is 0 Å². The van der Waals surface area contributed by atoms with Gasteiger partial charge in [-0.25, -0.2) is 8.42 Å². The van der Waals surface area contributed by atoms with E-state index in [1.54, 1.807) is 41.3 Å². The van der Waals surface area contributed by atoms with Gasteiger partial charge in [-0.05, 0) is 43.0 Å². The van der Waals surface area contributed by atoms with E-state index < -0.39 is 10.0 Å². The molecule has 0 radical (unpaired) electrons. The van der Waals surface area contributed by atoms with E-state index in [9.17, 15) is 8.42 Å². The number of halogens is 2. The lowest BCUT2D eigenvalue weighted by atomic mass is 10.2. The monoisotopic (exact) mass is 415 g/mol. The molecule has 2 heterocycles. The fourth-order valence-electron chi connectivity index (χ4n) is 2.41. The van der Waals surface area contributed by atoms with Crippen molar-refractivity contribution in [1.82, 2.24) is 9.78 Å². The summed E-state index contributed by atoms with van der Waals surface area (Å²) >= 11 is 13.2. The number of anilines is 1. The molecular weight excluding hydrogens is 401 g/mol. The summed E-state index contributed by atoms with van der Waals surface area (Å²) in [7, 11) is -3.61. The van der Waals surface area contributed by atoms with Crippen LogP contribution in [0.25, 0.3) is 0 Å². The summed E-state index contributed by atoms with van der Waals surface area (Å²) in [5, 5.41) is 7.12. The zero-order valence-electron chi connectivity index (χ0n) is 13.5. The lowest BCUT2D eigenvalue weighted by molar-refractivity contribution is 0.603. The van der Waals surface area contributed by atoms with Crippen LogP contribution in [-0.2, 0) is 16.6 Å². The number of nitrogens with one attached hydrogen (secondary N) is 1. The molecule has 0 spiro atoms. The molecule has 0 atom stereocenters. The molecule has 0 unspecified atom stereocenters. The molecule has 0 saturated heterocycles. The first-order valence-electron chi connectivity index (χ1n) is 7.32. The Kier molecular flexibility index (Phi) is 5.11. The van der Waals surface area contributed by atoms with Crippen molar-refractivity contribution in [3.63, 3.8) is 0 Å². The van der Waals surface area contributed by atoms with Crippen LogP contribution in [0.2, 0.25) is 10.0 Å². The molecule has 2 aromatic heterocycles. The highest BCUT2D eigenvalue weighted by molar-refractivity contribution is 7.94. The highest BCUT2D eigenvalue weighted by Crippen LogP contribution is 2.27. The quantitative estimate of drug-likeness (QED) is 0.655. The Morgan fingerprint density at radius 2 is 1.96 bits per heavy atom. The molecule has 3 aromatic rings. The number of hydrogen-bond acceptors (Lipinski definition) is 4. The second-order valence-electron chi connectivity index (χ2n) is 5.49. The fraction of sp³-hybridized carbons (Fsp3) is 0.188. The van der Waals surface area contributed by atoms with Crippen molar-refractivity contribution in [3.05, 3.63) is 62.7 Å². The maximum Gasteiger partial charge on any atom is 0.271 e. The van der Waals surface area contributed by atoms with Gasteiger partial charge < -0.3 is 0 Å². The third-order valence-corrected chi connectivity index (χ3v) is 7.18. The third kappa shape index (κ3) is 3.84. The molecule has 0 aliphatic heterocycles. The van der Waals surface area contributed by atoms with E-state index in [0.717, 1.165) is 11.3 Å². The van der Waals surface area contributed by atoms with E-state index >= 15 is 0 Å². The normalized spacial score (nSPS) is 11.7. The molecular formula is C16H15Cl2N3O2S2. The average molecular weight is 416 g/mol. The van der Waals surface area contributed by atoms with Crippen LogP contribution in [0.1, 0.15) is 17.0 Å². The van der Waals surface area contributed by atoms with Gasteiger partial charge in [0.25, 0.3) is 10.0 Å². The zero-order chi connectivity index (χ0) is 18.2. The molecule has 0 saturated carbocycles. The first-order valence-corrected chi connectivity index (χ1v) is 10.4. The van der Waals surface area contributed by atoms with Crippen LogP contribution in [0.3, 0.4) is 0 Å². The minimum absolute atomic E-state index is 0.267. The minimum atomic E-state index is -3.61. The highest BCUT2D eigenvalue weighted by atomic mass is 35.5. The van der Waals surface area contributed by atoms with Gasteiger partial charge in [0.2, 0.25) is 0 Å². The molecule has 0 bridgehead atoms. The van der Waals surface area contributed by atoms with Crippen LogP contribution in [0, 0.1) is 13.8 Å². The second-order valence-corrected chi connectivity index (χ2v) is 9.16. The van der Waals surface area contributed by atoms with Crippen molar-refractivity contribution >= 4 is 50.2 Å². The summed E-state index contributed by atoms with van der Waals surface area (Å²) in [5.74, 6) is 0. The Morgan fingerprint density at radius 3 is 2.60 bits per heavy atom. The summed E-state index contributed by atoms with van der Waals surface area (Å²) < 4.78 is 29.5. The number of thiophene rings is 1. The van der Waals surface area contributed by atoms with E-state index in [4.69, 9.17) is 23.2 Å². The standard InChI is InChI=1S/C16H15Cl2N3O2S2/c1-10-16(20-25(22,23)15-4-3-7-24-15)11(2)21(19-10)9-12-5-6-13(17)14(18)8-12/h3-8,20H,9H2,1-2H3. The minimum Gasteiger partial charge on any atom is -0.275 e. The first-order chi connectivity index (χ1) is 11.8. The maximum absolute atomic E-state index is 12.4. The Hall–Kier alpha value is -1.54. The summed E-state index contributed by atoms with van der Waals surface area (Å²) in [6.45, 7) is 4.05. The Morgan fingerprint density at radius 1 is 1.20 bits per heavy atom. The van der Waals surface area contributed by atoms with Crippen molar-refractivity contribution < 1.29 is 8.42 Å². The predicted octanol–water partition coefficient (Wildman–Crippen LogP) is 4.72. The van der Waals surface area contributed by atoms with Gasteiger partial charge in [0.15, 0.2) is 0 Å². The number of rotatable bonds is 5. The Bertz CT molecular complexity index is 1010. The molecule has 0 fully saturated rings. The Labute approximate surface area is 160 Å². The maximum atomic E-state index is 12.4. The predicted molar refractivity (Wildman–Crippen MR) is 102 cm³/mol. The highest BCUT2D eigenvalue weighted by Gasteiger charge is 2.20. The van der Waals surface area contributed by atoms with E-state index in [1.165, 1.54) is 11.3 Å². The summed E-state index contributed by atoms with van der Waals surface area (Å²) in [6.07, 6.45) is 0. The number of sulfonamides is 1. The lowest BCUT2D eigenvalue weighted by Crippen LogP contribution is -2.13. The molecule has 132 valence electrons. The summed E-state index contributed by atoms with van der Waals surface area (Å²) in [5.41, 5.74) is 2.75. The molecule has 25 heavy (non-hydrogen) atoms. The van der Waals surface area contributed by atoms with Crippen LogP contribution in [0.15, 0.2) is 39.9 Å². The lowest BCUT2D eigenvalue weighted by Gasteiger charge is -2.08. The van der Waals surface area contributed by atoms with E-state index in [1.807, 2.05) is 13.0 Å². The molecule has 0 aliphatic carbocycles. The van der Waals surface area contributed by atoms with Gasteiger partial charge in [0.05, 0.1) is 33.7 Å². The van der Waals surface area contributed by atoms with Crippen LogP contribution in [0.4, 0.5) is 5.69 Å². The smallest absolute Gasteiger partial charge is 0.271 e. The fourth-order valence-corrected chi connectivity index (χ4v) is 4.90. The largest absolute Gasteiger partial charge is 0.275 e. The second kappa shape index (κ2) is 6.99. The van der Waals surface area contributed by atoms with Crippen molar-refractivity contribution in [3.8, 4) is 0 Å². The van der Waals surface area contributed by atoms with E-state index in [2.05, 4.69) is 9.82 Å². The molecule has 0 amide bonds. The van der Waals surface area contributed by atoms with Gasteiger partial charge in [-0.1, -0.05) is 35.3 Å². The van der Waals surface area contributed by atoms with E-state index in [-0.39, 0.29) is 4.21 Å². The van der Waals surface area contributed by atoms with Crippen LogP contribution >= 0.6 is 34.5 Å². The average Bonchev–Trinajstić information content (AvgIpc) is 3.17. The number of nitrogens with zero attached hydrogens (tertiary/aromatic N) is 2. The topological polar surface area (TPSA) is 64.0 Å². The third-order valence-electron chi connectivity index (χ3n) is 3.69. The molecule has 3 rings (SSSR count). The first kappa shape index (κ1) is 18.3. The number of aryl methyl sites for hydroxylation is 1. The van der Waals surface area contributed by atoms with Gasteiger partial charge in [-0.3, -0.25) is 9.40 Å². The number of benzene rings is 1. The Balaban J connectivity index is 1.89. The number of aromatic nitrogens is 2. The van der Waals surface area contributed by atoms with E-state index in [0.29, 0.717) is 28.0 Å². The summed E-state index contributed by atoms with van der Waals surface area (Å²) in [4.78, 5) is 0. The molecule has 5 nitrogen and oxygen atoms in total.